The van der Waals surface area contributed by atoms with Crippen molar-refractivity contribution in [3.63, 3.8) is 0 Å². The van der Waals surface area contributed by atoms with Gasteiger partial charge in [-0.2, -0.15) is 0 Å². The molecule has 0 unspecified atom stereocenters. The molecule has 0 atom stereocenters. The number of aryl methyl sites for hydroxylation is 1. The molecule has 0 saturated carbocycles. The first kappa shape index (κ1) is 18.6. The molecule has 0 N–H and O–H groups in total. The van der Waals surface area contributed by atoms with Crippen molar-refractivity contribution >= 4 is 28.9 Å². The molecule has 138 valence electrons. The number of hydrogen-bond acceptors (Lipinski definition) is 3. The number of hydrogen-bond donors (Lipinski definition) is 0. The van der Waals surface area contributed by atoms with Crippen LogP contribution < -0.4 is 0 Å². The number of carbonyl (C=O) groups excluding carboxylic acids is 2. The topological polar surface area (TPSA) is 48.3 Å². The Labute approximate surface area is 159 Å². The predicted molar refractivity (Wildman–Crippen MR) is 108 cm³/mol. The summed E-state index contributed by atoms with van der Waals surface area (Å²) in [6.07, 6.45) is 3.52. The van der Waals surface area contributed by atoms with E-state index in [9.17, 15) is 9.59 Å². The molecular weight excluding hydrogens is 338 g/mol. The molecule has 0 saturated heterocycles. The SMILES string of the molecule is CCOC(=O)Cc1c(C)n(C(=O)C=Cc2ccccc2)c2ccc(C)cc12. The summed E-state index contributed by atoms with van der Waals surface area (Å²) in [4.78, 5) is 25.0. The monoisotopic (exact) mass is 361 g/mol. The third-order valence-electron chi connectivity index (χ3n) is 4.55. The van der Waals surface area contributed by atoms with Gasteiger partial charge in [0.25, 0.3) is 5.91 Å². The largest absolute Gasteiger partial charge is 0.466 e. The van der Waals surface area contributed by atoms with Gasteiger partial charge in [-0.1, -0.05) is 42.0 Å². The second-order valence-electron chi connectivity index (χ2n) is 6.48. The molecule has 0 amide bonds. The van der Waals surface area contributed by atoms with Crippen LogP contribution in [0.25, 0.3) is 17.0 Å². The molecule has 3 aromatic rings. The second-order valence-corrected chi connectivity index (χ2v) is 6.48. The van der Waals surface area contributed by atoms with E-state index in [1.807, 2.05) is 62.4 Å². The third kappa shape index (κ3) is 4.00. The Kier molecular flexibility index (Phi) is 5.55. The van der Waals surface area contributed by atoms with Gasteiger partial charge in [0.1, 0.15) is 0 Å². The molecule has 0 aliphatic carbocycles. The summed E-state index contributed by atoms with van der Waals surface area (Å²) in [5.74, 6) is -0.422. The van der Waals surface area contributed by atoms with E-state index < -0.39 is 0 Å². The van der Waals surface area contributed by atoms with Crippen LogP contribution in [0.15, 0.2) is 54.6 Å². The average Bonchev–Trinajstić information content (AvgIpc) is 2.92. The zero-order valence-corrected chi connectivity index (χ0v) is 15.9. The standard InChI is InChI=1S/C23H23NO3/c1-4-27-23(26)15-19-17(3)24(21-12-10-16(2)14-20(19)21)22(25)13-11-18-8-6-5-7-9-18/h5-14H,4,15H2,1-3H3. The van der Waals surface area contributed by atoms with Crippen molar-refractivity contribution in [2.24, 2.45) is 0 Å². The molecule has 0 spiro atoms. The van der Waals surface area contributed by atoms with E-state index in [0.717, 1.165) is 33.3 Å². The first-order chi connectivity index (χ1) is 13.0. The number of esters is 1. The fourth-order valence-electron chi connectivity index (χ4n) is 3.27. The van der Waals surface area contributed by atoms with Gasteiger partial charge < -0.3 is 4.74 Å². The number of ether oxygens (including phenoxy) is 1. The van der Waals surface area contributed by atoms with Crippen LogP contribution in [0.2, 0.25) is 0 Å². The lowest BCUT2D eigenvalue weighted by Crippen LogP contribution is -2.11. The number of rotatable bonds is 5. The second kappa shape index (κ2) is 8.04. The molecular formula is C23H23NO3. The van der Waals surface area contributed by atoms with Crippen LogP contribution >= 0.6 is 0 Å². The number of carbonyl (C=O) groups is 2. The van der Waals surface area contributed by atoms with E-state index in [-0.39, 0.29) is 18.3 Å². The molecule has 4 nitrogen and oxygen atoms in total. The van der Waals surface area contributed by atoms with Crippen molar-refractivity contribution in [2.75, 3.05) is 6.61 Å². The first-order valence-electron chi connectivity index (χ1n) is 9.05. The van der Waals surface area contributed by atoms with Gasteiger partial charge in [-0.25, -0.2) is 0 Å². The van der Waals surface area contributed by atoms with Crippen molar-refractivity contribution in [3.05, 3.63) is 77.0 Å². The van der Waals surface area contributed by atoms with E-state index >= 15 is 0 Å². The molecule has 0 fully saturated rings. The van der Waals surface area contributed by atoms with Crippen LogP contribution in [-0.2, 0) is 16.0 Å². The van der Waals surface area contributed by atoms with Gasteiger partial charge in [0.2, 0.25) is 0 Å². The van der Waals surface area contributed by atoms with E-state index in [0.29, 0.717) is 6.61 Å². The molecule has 1 heterocycles. The highest BCUT2D eigenvalue weighted by atomic mass is 16.5. The predicted octanol–water partition coefficient (Wildman–Crippen LogP) is 4.72. The zero-order chi connectivity index (χ0) is 19.4. The number of nitrogens with zero attached hydrogens (tertiary/aromatic N) is 1. The number of aromatic nitrogens is 1. The van der Waals surface area contributed by atoms with Crippen molar-refractivity contribution in [2.45, 2.75) is 27.2 Å². The Hall–Kier alpha value is -3.14. The molecule has 3 rings (SSSR count). The summed E-state index contributed by atoms with van der Waals surface area (Å²) < 4.78 is 6.78. The summed E-state index contributed by atoms with van der Waals surface area (Å²) in [6.45, 7) is 6.00. The Balaban J connectivity index is 2.04. The number of allylic oxidation sites excluding steroid dienone is 1. The summed E-state index contributed by atoms with van der Waals surface area (Å²) >= 11 is 0. The Morgan fingerprint density at radius 1 is 1.07 bits per heavy atom. The number of benzene rings is 2. The lowest BCUT2D eigenvalue weighted by molar-refractivity contribution is -0.142. The number of fused-ring (bicyclic) bond motifs is 1. The van der Waals surface area contributed by atoms with Gasteiger partial charge in [0, 0.05) is 17.2 Å². The fraction of sp³-hybridized carbons (Fsp3) is 0.217. The van der Waals surface area contributed by atoms with E-state index in [1.165, 1.54) is 0 Å². The van der Waals surface area contributed by atoms with Crippen LogP contribution in [0.1, 0.15) is 34.1 Å². The molecule has 0 bridgehead atoms. The van der Waals surface area contributed by atoms with Crippen LogP contribution in [0.4, 0.5) is 0 Å². The minimum atomic E-state index is -0.284. The summed E-state index contributed by atoms with van der Waals surface area (Å²) in [5, 5.41) is 0.919. The van der Waals surface area contributed by atoms with Crippen molar-refractivity contribution in [3.8, 4) is 0 Å². The van der Waals surface area contributed by atoms with Crippen molar-refractivity contribution in [1.29, 1.82) is 0 Å². The molecule has 0 aliphatic heterocycles. The molecule has 0 radical (unpaired) electrons. The Bertz CT molecular complexity index is 1010. The fourth-order valence-corrected chi connectivity index (χ4v) is 3.27. The quantitative estimate of drug-likeness (QED) is 0.488. The maximum absolute atomic E-state index is 12.9. The molecule has 1 aromatic heterocycles. The summed E-state index contributed by atoms with van der Waals surface area (Å²) in [7, 11) is 0. The van der Waals surface area contributed by atoms with Crippen LogP contribution in [0.3, 0.4) is 0 Å². The Morgan fingerprint density at radius 3 is 2.52 bits per heavy atom. The van der Waals surface area contributed by atoms with Gasteiger partial charge in [0.05, 0.1) is 18.5 Å². The maximum Gasteiger partial charge on any atom is 0.310 e. The molecule has 0 aliphatic rings. The normalized spacial score (nSPS) is 11.2. The molecule has 2 aromatic carbocycles. The zero-order valence-electron chi connectivity index (χ0n) is 15.9. The van der Waals surface area contributed by atoms with Crippen LogP contribution in [0, 0.1) is 13.8 Å². The van der Waals surface area contributed by atoms with E-state index in [2.05, 4.69) is 0 Å². The first-order valence-corrected chi connectivity index (χ1v) is 9.05. The van der Waals surface area contributed by atoms with Gasteiger partial charge in [0.15, 0.2) is 0 Å². The van der Waals surface area contributed by atoms with Crippen molar-refractivity contribution in [1.82, 2.24) is 4.57 Å². The van der Waals surface area contributed by atoms with Crippen LogP contribution in [0.5, 0.6) is 0 Å². The smallest absolute Gasteiger partial charge is 0.310 e. The highest BCUT2D eigenvalue weighted by Crippen LogP contribution is 2.28. The minimum absolute atomic E-state index is 0.139. The van der Waals surface area contributed by atoms with Gasteiger partial charge >= 0.3 is 5.97 Å². The molecule has 4 heteroatoms. The van der Waals surface area contributed by atoms with Gasteiger partial charge in [-0.05, 0) is 50.1 Å². The summed E-state index contributed by atoms with van der Waals surface area (Å²) in [6, 6.07) is 15.6. The average molecular weight is 361 g/mol. The van der Waals surface area contributed by atoms with Crippen LogP contribution in [-0.4, -0.2) is 23.1 Å². The highest BCUT2D eigenvalue weighted by molar-refractivity contribution is 6.03. The third-order valence-corrected chi connectivity index (χ3v) is 4.55. The highest BCUT2D eigenvalue weighted by Gasteiger charge is 2.20. The van der Waals surface area contributed by atoms with E-state index in [1.54, 1.807) is 23.6 Å². The maximum atomic E-state index is 12.9. The minimum Gasteiger partial charge on any atom is -0.466 e. The Morgan fingerprint density at radius 2 is 1.81 bits per heavy atom. The van der Waals surface area contributed by atoms with E-state index in [4.69, 9.17) is 4.74 Å². The van der Waals surface area contributed by atoms with Gasteiger partial charge in [-0.15, -0.1) is 0 Å². The summed E-state index contributed by atoms with van der Waals surface area (Å²) in [5.41, 5.74) is 4.46. The molecule has 27 heavy (non-hydrogen) atoms. The van der Waals surface area contributed by atoms with Gasteiger partial charge in [-0.3, -0.25) is 14.2 Å². The van der Waals surface area contributed by atoms with Crippen molar-refractivity contribution < 1.29 is 14.3 Å². The lowest BCUT2D eigenvalue weighted by atomic mass is 10.1. The lowest BCUT2D eigenvalue weighted by Gasteiger charge is -2.05.